The van der Waals surface area contributed by atoms with Crippen LogP contribution in [0.25, 0.3) is 10.9 Å². The maximum Gasteiger partial charge on any atom is 0.211 e. The van der Waals surface area contributed by atoms with Crippen molar-refractivity contribution in [3.63, 3.8) is 0 Å². The van der Waals surface area contributed by atoms with Gasteiger partial charge in [-0.05, 0) is 48.4 Å². The van der Waals surface area contributed by atoms with Crippen LogP contribution in [-0.2, 0) is 6.42 Å². The van der Waals surface area contributed by atoms with E-state index in [1.165, 1.54) is 18.0 Å². The van der Waals surface area contributed by atoms with E-state index in [1.54, 1.807) is 18.3 Å². The number of nitrogens with zero attached hydrogens (tertiary/aromatic N) is 1. The molecule has 0 radical (unpaired) electrons. The van der Waals surface area contributed by atoms with Gasteiger partial charge in [0, 0.05) is 21.5 Å². The molecular formula is C22H16ClNO2S. The monoisotopic (exact) mass is 393 g/mol. The SMILES string of the molecule is O=C(c1ccco1)C(Cc1ccc(Cl)cc1)Sc1cccc2cccnc12. The molecule has 1 atom stereocenters. The van der Waals surface area contributed by atoms with Gasteiger partial charge in [-0.2, -0.15) is 0 Å². The second kappa shape index (κ2) is 7.99. The van der Waals surface area contributed by atoms with Crippen molar-refractivity contribution in [3.8, 4) is 0 Å². The van der Waals surface area contributed by atoms with Gasteiger partial charge < -0.3 is 4.42 Å². The molecule has 0 aliphatic carbocycles. The number of hydrogen-bond donors (Lipinski definition) is 0. The highest BCUT2D eigenvalue weighted by Gasteiger charge is 2.25. The van der Waals surface area contributed by atoms with Gasteiger partial charge in [-0.3, -0.25) is 9.78 Å². The molecule has 1 unspecified atom stereocenters. The first-order valence-corrected chi connectivity index (χ1v) is 9.79. The standard InChI is InChI=1S/C22H16ClNO2S/c23-17-10-8-15(9-11-17)14-20(22(25)18-6-3-13-26-18)27-19-7-1-4-16-5-2-12-24-21(16)19/h1-13,20H,14H2. The average molecular weight is 394 g/mol. The van der Waals surface area contributed by atoms with Crippen LogP contribution in [0, 0.1) is 0 Å². The molecule has 0 amide bonds. The Balaban J connectivity index is 1.68. The van der Waals surface area contributed by atoms with Crippen LogP contribution in [0.1, 0.15) is 16.1 Å². The molecule has 4 aromatic rings. The lowest BCUT2D eigenvalue weighted by molar-refractivity contribution is 0.0962. The molecule has 4 rings (SSSR count). The molecule has 0 fully saturated rings. The largest absolute Gasteiger partial charge is 0.461 e. The van der Waals surface area contributed by atoms with E-state index in [-0.39, 0.29) is 11.0 Å². The van der Waals surface area contributed by atoms with Gasteiger partial charge in [-0.15, -0.1) is 11.8 Å². The van der Waals surface area contributed by atoms with Gasteiger partial charge in [-0.1, -0.05) is 41.9 Å². The predicted molar refractivity (Wildman–Crippen MR) is 110 cm³/mol. The molecule has 0 spiro atoms. The summed E-state index contributed by atoms with van der Waals surface area (Å²) < 4.78 is 5.36. The van der Waals surface area contributed by atoms with Crippen molar-refractivity contribution in [1.82, 2.24) is 4.98 Å². The van der Waals surface area contributed by atoms with Crippen molar-refractivity contribution >= 4 is 40.0 Å². The molecule has 2 aromatic carbocycles. The van der Waals surface area contributed by atoms with E-state index in [0.29, 0.717) is 17.2 Å². The van der Waals surface area contributed by atoms with E-state index in [1.807, 2.05) is 54.6 Å². The first-order valence-electron chi connectivity index (χ1n) is 8.53. The second-order valence-electron chi connectivity index (χ2n) is 6.11. The van der Waals surface area contributed by atoms with Crippen LogP contribution in [0.4, 0.5) is 0 Å². The second-order valence-corrected chi connectivity index (χ2v) is 7.79. The summed E-state index contributed by atoms with van der Waals surface area (Å²) in [5.41, 5.74) is 1.95. The molecule has 134 valence electrons. The number of para-hydroxylation sites is 1. The molecule has 5 heteroatoms. The average Bonchev–Trinajstić information content (AvgIpc) is 3.24. The molecule has 0 bridgehead atoms. The van der Waals surface area contributed by atoms with Gasteiger partial charge >= 0.3 is 0 Å². The van der Waals surface area contributed by atoms with Crippen molar-refractivity contribution in [2.24, 2.45) is 0 Å². The zero-order valence-corrected chi connectivity index (χ0v) is 15.9. The highest BCUT2D eigenvalue weighted by Crippen LogP contribution is 2.33. The molecule has 0 saturated carbocycles. The molecule has 0 aliphatic heterocycles. The molecule has 0 aliphatic rings. The lowest BCUT2D eigenvalue weighted by Gasteiger charge is -2.16. The Morgan fingerprint density at radius 1 is 1.04 bits per heavy atom. The van der Waals surface area contributed by atoms with Crippen molar-refractivity contribution in [1.29, 1.82) is 0 Å². The zero-order valence-electron chi connectivity index (χ0n) is 14.3. The fourth-order valence-corrected chi connectivity index (χ4v) is 4.30. The number of fused-ring (bicyclic) bond motifs is 1. The van der Waals surface area contributed by atoms with Crippen LogP contribution in [0.2, 0.25) is 5.02 Å². The molecule has 3 nitrogen and oxygen atoms in total. The van der Waals surface area contributed by atoms with Crippen LogP contribution in [-0.4, -0.2) is 16.0 Å². The summed E-state index contributed by atoms with van der Waals surface area (Å²) in [5.74, 6) is 0.336. The quantitative estimate of drug-likeness (QED) is 0.294. The third-order valence-corrected chi connectivity index (χ3v) is 5.76. The topological polar surface area (TPSA) is 43.1 Å². The zero-order chi connectivity index (χ0) is 18.6. The van der Waals surface area contributed by atoms with Gasteiger partial charge in [0.25, 0.3) is 0 Å². The fourth-order valence-electron chi connectivity index (χ4n) is 2.92. The van der Waals surface area contributed by atoms with Gasteiger partial charge in [0.15, 0.2) is 5.76 Å². The summed E-state index contributed by atoms with van der Waals surface area (Å²) in [6.07, 6.45) is 3.87. The number of carbonyl (C=O) groups is 1. The number of furan rings is 1. The Labute approximate surface area is 166 Å². The maximum atomic E-state index is 13.1. The predicted octanol–water partition coefficient (Wildman–Crippen LogP) is 6.07. The molecule has 0 N–H and O–H groups in total. The minimum Gasteiger partial charge on any atom is -0.461 e. The number of hydrogen-bond acceptors (Lipinski definition) is 4. The number of benzene rings is 2. The summed E-state index contributed by atoms with van der Waals surface area (Å²) in [7, 11) is 0. The van der Waals surface area contributed by atoms with Crippen LogP contribution in [0.3, 0.4) is 0 Å². The van der Waals surface area contributed by atoms with Crippen molar-refractivity contribution in [3.05, 3.63) is 95.5 Å². The van der Waals surface area contributed by atoms with Crippen LogP contribution < -0.4 is 0 Å². The minimum absolute atomic E-state index is 0.0344. The summed E-state index contributed by atoms with van der Waals surface area (Å²) in [5, 5.41) is 1.40. The van der Waals surface area contributed by atoms with Crippen LogP contribution in [0.15, 0.2) is 88.5 Å². The number of halogens is 1. The number of ketones is 1. The van der Waals surface area contributed by atoms with E-state index >= 15 is 0 Å². The highest BCUT2D eigenvalue weighted by molar-refractivity contribution is 8.00. The summed E-state index contributed by atoms with van der Waals surface area (Å²) in [6, 6.07) is 21.0. The molecule has 0 saturated heterocycles. The van der Waals surface area contributed by atoms with Crippen molar-refractivity contribution in [2.45, 2.75) is 16.6 Å². The minimum atomic E-state index is -0.329. The van der Waals surface area contributed by atoms with Crippen LogP contribution >= 0.6 is 23.4 Å². The summed E-state index contributed by atoms with van der Waals surface area (Å²) >= 11 is 7.51. The number of rotatable bonds is 6. The van der Waals surface area contributed by atoms with E-state index in [0.717, 1.165) is 21.4 Å². The fraction of sp³-hybridized carbons (Fsp3) is 0.0909. The number of aromatic nitrogens is 1. The summed E-state index contributed by atoms with van der Waals surface area (Å²) in [4.78, 5) is 18.5. The molecule has 27 heavy (non-hydrogen) atoms. The Hall–Kier alpha value is -2.56. The lowest BCUT2D eigenvalue weighted by atomic mass is 10.1. The Morgan fingerprint density at radius 2 is 1.85 bits per heavy atom. The first kappa shape index (κ1) is 17.8. The lowest BCUT2D eigenvalue weighted by Crippen LogP contribution is -2.20. The third kappa shape index (κ3) is 4.07. The van der Waals surface area contributed by atoms with E-state index in [2.05, 4.69) is 4.98 Å². The highest BCUT2D eigenvalue weighted by atomic mass is 35.5. The number of thioether (sulfide) groups is 1. The molecular weight excluding hydrogens is 378 g/mol. The Morgan fingerprint density at radius 3 is 2.63 bits per heavy atom. The summed E-state index contributed by atoms with van der Waals surface area (Å²) in [6.45, 7) is 0. The smallest absolute Gasteiger partial charge is 0.211 e. The van der Waals surface area contributed by atoms with Crippen molar-refractivity contribution in [2.75, 3.05) is 0 Å². The first-order chi connectivity index (χ1) is 13.2. The Kier molecular flexibility index (Phi) is 5.28. The van der Waals surface area contributed by atoms with Gasteiger partial charge in [-0.25, -0.2) is 0 Å². The molecule has 2 aromatic heterocycles. The molecule has 2 heterocycles. The number of Topliss-reactive ketones (excluding diaryl/α,β-unsaturated/α-hetero) is 1. The van der Waals surface area contributed by atoms with E-state index < -0.39 is 0 Å². The van der Waals surface area contributed by atoms with E-state index in [4.69, 9.17) is 16.0 Å². The van der Waals surface area contributed by atoms with Gasteiger partial charge in [0.2, 0.25) is 5.78 Å². The third-order valence-electron chi connectivity index (χ3n) is 4.26. The maximum absolute atomic E-state index is 13.1. The van der Waals surface area contributed by atoms with Gasteiger partial charge in [0.05, 0.1) is 17.0 Å². The van der Waals surface area contributed by atoms with Crippen LogP contribution in [0.5, 0.6) is 0 Å². The Bertz CT molecular complexity index is 1060. The normalized spacial score (nSPS) is 12.2. The van der Waals surface area contributed by atoms with Crippen molar-refractivity contribution < 1.29 is 9.21 Å². The number of pyridine rings is 1. The number of carbonyl (C=O) groups excluding carboxylic acids is 1. The van der Waals surface area contributed by atoms with Gasteiger partial charge in [0.1, 0.15) is 0 Å². The van der Waals surface area contributed by atoms with E-state index in [9.17, 15) is 4.79 Å².